The Morgan fingerprint density at radius 2 is 2.06 bits per heavy atom. The molecule has 0 bridgehead atoms. The van der Waals surface area contributed by atoms with Gasteiger partial charge in [-0.1, -0.05) is 12.1 Å². The summed E-state index contributed by atoms with van der Waals surface area (Å²) in [7, 11) is 0. The molecule has 1 rings (SSSR count). The summed E-state index contributed by atoms with van der Waals surface area (Å²) in [5.41, 5.74) is 0.682. The molecule has 4 heteroatoms. The first kappa shape index (κ1) is 13.5. The largest absolute Gasteiger partial charge is 0.335 e. The van der Waals surface area contributed by atoms with Gasteiger partial charge >= 0.3 is 0 Å². The van der Waals surface area contributed by atoms with E-state index in [0.29, 0.717) is 18.0 Å². The van der Waals surface area contributed by atoms with Crippen LogP contribution >= 0.6 is 27.5 Å². The molecular weight excluding hydrogens is 289 g/mol. The van der Waals surface area contributed by atoms with Crippen molar-refractivity contribution in [2.45, 2.75) is 19.9 Å². The minimum Gasteiger partial charge on any atom is -0.335 e. The zero-order chi connectivity index (χ0) is 12.1. The Kier molecular flexibility index (Phi) is 5.29. The second kappa shape index (κ2) is 6.26. The number of alkyl halides is 1. The molecule has 2 nitrogen and oxygen atoms in total. The van der Waals surface area contributed by atoms with Crippen LogP contribution in [0.3, 0.4) is 0 Å². The van der Waals surface area contributed by atoms with Gasteiger partial charge in [-0.2, -0.15) is 0 Å². The number of nitrogens with zero attached hydrogens (tertiary/aromatic N) is 1. The number of hydrogen-bond acceptors (Lipinski definition) is 1. The number of amides is 1. The average Bonchev–Trinajstić information content (AvgIpc) is 2.25. The molecule has 0 radical (unpaired) electrons. The standard InChI is InChI=1S/C12H15BrClNO/c1-9(2)15(8-7-14)12(16)10-5-3-4-6-11(10)13/h3-6,9H,7-8H2,1-2H3. The van der Waals surface area contributed by atoms with Crippen LogP contribution in [-0.2, 0) is 0 Å². The van der Waals surface area contributed by atoms with Crippen molar-refractivity contribution in [2.24, 2.45) is 0 Å². The van der Waals surface area contributed by atoms with Crippen LogP contribution in [0.25, 0.3) is 0 Å². The summed E-state index contributed by atoms with van der Waals surface area (Å²) in [6.07, 6.45) is 0. The van der Waals surface area contributed by atoms with E-state index in [9.17, 15) is 4.79 Å². The molecular formula is C12H15BrClNO. The highest BCUT2D eigenvalue weighted by atomic mass is 79.9. The van der Waals surface area contributed by atoms with E-state index in [4.69, 9.17) is 11.6 Å². The summed E-state index contributed by atoms with van der Waals surface area (Å²) in [5, 5.41) is 0. The van der Waals surface area contributed by atoms with Crippen LogP contribution < -0.4 is 0 Å². The third kappa shape index (κ3) is 3.22. The number of carbonyl (C=O) groups is 1. The molecule has 0 unspecified atom stereocenters. The zero-order valence-corrected chi connectivity index (χ0v) is 11.8. The van der Waals surface area contributed by atoms with Crippen LogP contribution in [0, 0.1) is 0 Å². The number of halogens is 2. The molecule has 0 heterocycles. The Morgan fingerprint density at radius 3 is 2.56 bits per heavy atom. The SMILES string of the molecule is CC(C)N(CCCl)C(=O)c1ccccc1Br. The van der Waals surface area contributed by atoms with Gasteiger partial charge in [0.1, 0.15) is 0 Å². The second-order valence-corrected chi connectivity index (χ2v) is 4.99. The van der Waals surface area contributed by atoms with E-state index in [1.54, 1.807) is 4.90 Å². The first-order valence-corrected chi connectivity index (χ1v) is 6.52. The summed E-state index contributed by atoms with van der Waals surface area (Å²) >= 11 is 9.09. The fourth-order valence-electron chi connectivity index (χ4n) is 1.47. The lowest BCUT2D eigenvalue weighted by Gasteiger charge is -2.26. The van der Waals surface area contributed by atoms with Gasteiger partial charge in [-0.05, 0) is 41.9 Å². The van der Waals surface area contributed by atoms with E-state index < -0.39 is 0 Å². The molecule has 1 aromatic rings. The highest BCUT2D eigenvalue weighted by molar-refractivity contribution is 9.10. The van der Waals surface area contributed by atoms with Crippen LogP contribution in [-0.4, -0.2) is 29.3 Å². The predicted octanol–water partition coefficient (Wildman–Crippen LogP) is 3.54. The van der Waals surface area contributed by atoms with Crippen LogP contribution in [0.1, 0.15) is 24.2 Å². The maximum absolute atomic E-state index is 12.2. The van der Waals surface area contributed by atoms with Crippen LogP contribution in [0.5, 0.6) is 0 Å². The normalized spacial score (nSPS) is 10.6. The molecule has 0 aliphatic heterocycles. The lowest BCUT2D eigenvalue weighted by atomic mass is 10.2. The summed E-state index contributed by atoms with van der Waals surface area (Å²) in [6.45, 7) is 4.54. The molecule has 0 aliphatic rings. The maximum Gasteiger partial charge on any atom is 0.255 e. The Bertz CT molecular complexity index is 368. The topological polar surface area (TPSA) is 20.3 Å². The lowest BCUT2D eigenvalue weighted by molar-refractivity contribution is 0.0717. The van der Waals surface area contributed by atoms with Gasteiger partial charge in [0, 0.05) is 22.9 Å². The van der Waals surface area contributed by atoms with Gasteiger partial charge in [0.25, 0.3) is 5.91 Å². The van der Waals surface area contributed by atoms with Crippen molar-refractivity contribution in [2.75, 3.05) is 12.4 Å². The lowest BCUT2D eigenvalue weighted by Crippen LogP contribution is -2.38. The van der Waals surface area contributed by atoms with Gasteiger partial charge in [-0.25, -0.2) is 0 Å². The predicted molar refractivity (Wildman–Crippen MR) is 71.0 cm³/mol. The molecule has 0 fully saturated rings. The Balaban J connectivity index is 2.95. The molecule has 88 valence electrons. The quantitative estimate of drug-likeness (QED) is 0.779. The van der Waals surface area contributed by atoms with Gasteiger partial charge in [-0.15, -0.1) is 11.6 Å². The van der Waals surface area contributed by atoms with Crippen molar-refractivity contribution >= 4 is 33.4 Å². The van der Waals surface area contributed by atoms with E-state index in [0.717, 1.165) is 4.47 Å². The molecule has 0 saturated carbocycles. The van der Waals surface area contributed by atoms with Gasteiger partial charge in [-0.3, -0.25) is 4.79 Å². The van der Waals surface area contributed by atoms with Crippen molar-refractivity contribution in [3.63, 3.8) is 0 Å². The van der Waals surface area contributed by atoms with Gasteiger partial charge in [0.05, 0.1) is 5.56 Å². The molecule has 0 spiro atoms. The van der Waals surface area contributed by atoms with Crippen LogP contribution in [0.2, 0.25) is 0 Å². The minimum absolute atomic E-state index is 0.0168. The molecule has 1 aromatic carbocycles. The Hall–Kier alpha value is -0.540. The first-order chi connectivity index (χ1) is 7.57. The van der Waals surface area contributed by atoms with E-state index >= 15 is 0 Å². The molecule has 16 heavy (non-hydrogen) atoms. The van der Waals surface area contributed by atoms with Crippen molar-refractivity contribution in [3.05, 3.63) is 34.3 Å². The van der Waals surface area contributed by atoms with E-state index in [2.05, 4.69) is 15.9 Å². The zero-order valence-electron chi connectivity index (χ0n) is 9.41. The Morgan fingerprint density at radius 1 is 1.44 bits per heavy atom. The third-order valence-corrected chi connectivity index (χ3v) is 3.17. The average molecular weight is 305 g/mol. The summed E-state index contributed by atoms with van der Waals surface area (Å²) in [4.78, 5) is 14.0. The fraction of sp³-hybridized carbons (Fsp3) is 0.417. The van der Waals surface area contributed by atoms with Crippen LogP contribution in [0.4, 0.5) is 0 Å². The Labute approximate surface area is 110 Å². The van der Waals surface area contributed by atoms with Crippen molar-refractivity contribution in [1.29, 1.82) is 0 Å². The number of hydrogen-bond donors (Lipinski definition) is 0. The fourth-order valence-corrected chi connectivity index (χ4v) is 2.11. The minimum atomic E-state index is 0.0168. The van der Waals surface area contributed by atoms with Crippen molar-refractivity contribution in [1.82, 2.24) is 4.90 Å². The first-order valence-electron chi connectivity index (χ1n) is 5.19. The highest BCUT2D eigenvalue weighted by Crippen LogP contribution is 2.18. The number of rotatable bonds is 4. The molecule has 0 saturated heterocycles. The number of benzene rings is 1. The highest BCUT2D eigenvalue weighted by Gasteiger charge is 2.19. The van der Waals surface area contributed by atoms with Crippen molar-refractivity contribution in [3.8, 4) is 0 Å². The third-order valence-electron chi connectivity index (χ3n) is 2.31. The van der Waals surface area contributed by atoms with E-state index in [1.165, 1.54) is 0 Å². The van der Waals surface area contributed by atoms with E-state index in [-0.39, 0.29) is 11.9 Å². The van der Waals surface area contributed by atoms with Gasteiger partial charge < -0.3 is 4.90 Å². The molecule has 1 amide bonds. The molecule has 0 aliphatic carbocycles. The summed E-state index contributed by atoms with van der Waals surface area (Å²) < 4.78 is 0.820. The smallest absolute Gasteiger partial charge is 0.255 e. The molecule has 0 atom stereocenters. The van der Waals surface area contributed by atoms with Gasteiger partial charge in [0.15, 0.2) is 0 Å². The molecule has 0 aromatic heterocycles. The number of carbonyl (C=O) groups excluding carboxylic acids is 1. The van der Waals surface area contributed by atoms with Crippen LogP contribution in [0.15, 0.2) is 28.7 Å². The van der Waals surface area contributed by atoms with Crippen molar-refractivity contribution < 1.29 is 4.79 Å². The maximum atomic E-state index is 12.2. The van der Waals surface area contributed by atoms with E-state index in [1.807, 2.05) is 38.1 Å². The second-order valence-electron chi connectivity index (χ2n) is 3.76. The summed E-state index contributed by atoms with van der Waals surface area (Å²) in [6, 6.07) is 7.58. The van der Waals surface area contributed by atoms with Gasteiger partial charge in [0.2, 0.25) is 0 Å². The molecule has 0 N–H and O–H groups in total. The monoisotopic (exact) mass is 303 g/mol. The summed E-state index contributed by atoms with van der Waals surface area (Å²) in [5.74, 6) is 0.470.